The van der Waals surface area contributed by atoms with Crippen LogP contribution in [0.15, 0.2) is 67.0 Å². The van der Waals surface area contributed by atoms with Crippen molar-refractivity contribution in [1.29, 1.82) is 0 Å². The summed E-state index contributed by atoms with van der Waals surface area (Å²) in [5.41, 5.74) is 1.16. The number of aromatic nitrogens is 3. The summed E-state index contributed by atoms with van der Waals surface area (Å²) in [5.74, 6) is -0.310. The van der Waals surface area contributed by atoms with E-state index in [2.05, 4.69) is 20.7 Å². The van der Waals surface area contributed by atoms with E-state index in [1.54, 1.807) is 19.1 Å². The first-order valence-electron chi connectivity index (χ1n) is 11.2. The van der Waals surface area contributed by atoms with Crippen molar-refractivity contribution < 1.29 is 22.7 Å². The molecule has 37 heavy (non-hydrogen) atoms. The standard InChI is InChI=1S/C25H22F3N5O2S2/c1-2-35-22(34)20-13-19(12-16-7-4-3-5-8-16)37-21(20)30-24(36)31-23-29-15-33(32-23)14-17-9-6-10-18(11-17)25(26,27)28/h3-11,13,15H,2,12,14H2,1H3,(H2,30,31,32,36). The summed E-state index contributed by atoms with van der Waals surface area (Å²) < 4.78 is 45.5. The lowest BCUT2D eigenvalue weighted by Crippen LogP contribution is -2.21. The number of carbonyl (C=O) groups excluding carboxylic acids is 1. The predicted octanol–water partition coefficient (Wildman–Crippen LogP) is 5.98. The molecule has 0 saturated heterocycles. The minimum atomic E-state index is -4.42. The Balaban J connectivity index is 1.43. The Labute approximate surface area is 220 Å². The van der Waals surface area contributed by atoms with E-state index in [0.717, 1.165) is 22.6 Å². The molecule has 0 amide bonds. The van der Waals surface area contributed by atoms with Crippen LogP contribution in [-0.2, 0) is 23.9 Å². The molecular formula is C25H22F3N5O2S2. The molecule has 2 aromatic heterocycles. The summed E-state index contributed by atoms with van der Waals surface area (Å²) in [5, 5.41) is 10.7. The number of esters is 1. The molecule has 12 heteroatoms. The molecule has 0 bridgehead atoms. The van der Waals surface area contributed by atoms with Crippen molar-refractivity contribution in [3.63, 3.8) is 0 Å². The van der Waals surface area contributed by atoms with Crippen molar-refractivity contribution in [2.24, 2.45) is 0 Å². The minimum Gasteiger partial charge on any atom is -0.462 e. The normalized spacial score (nSPS) is 11.2. The average molecular weight is 546 g/mol. The smallest absolute Gasteiger partial charge is 0.416 e. The van der Waals surface area contributed by atoms with Crippen molar-refractivity contribution in [2.45, 2.75) is 26.1 Å². The molecule has 0 atom stereocenters. The number of hydrogen-bond acceptors (Lipinski definition) is 6. The summed E-state index contributed by atoms with van der Waals surface area (Å²) >= 11 is 6.76. The monoisotopic (exact) mass is 545 g/mol. The van der Waals surface area contributed by atoms with Gasteiger partial charge in [0.25, 0.3) is 0 Å². The Morgan fingerprint density at radius 3 is 2.57 bits per heavy atom. The van der Waals surface area contributed by atoms with Crippen LogP contribution < -0.4 is 10.6 Å². The summed E-state index contributed by atoms with van der Waals surface area (Å²) in [6.07, 6.45) is -2.40. The van der Waals surface area contributed by atoms with E-state index in [0.29, 0.717) is 22.5 Å². The van der Waals surface area contributed by atoms with Gasteiger partial charge in [-0.3, -0.25) is 5.32 Å². The van der Waals surface area contributed by atoms with Crippen LogP contribution in [0.3, 0.4) is 0 Å². The minimum absolute atomic E-state index is 0.0968. The van der Waals surface area contributed by atoms with Gasteiger partial charge >= 0.3 is 12.1 Å². The molecule has 4 rings (SSSR count). The van der Waals surface area contributed by atoms with Crippen molar-refractivity contribution in [2.75, 3.05) is 17.2 Å². The van der Waals surface area contributed by atoms with E-state index in [1.165, 1.54) is 28.4 Å². The third kappa shape index (κ3) is 7.14. The molecule has 2 heterocycles. The molecule has 0 aliphatic carbocycles. The van der Waals surface area contributed by atoms with Crippen LogP contribution in [0.1, 0.15) is 38.8 Å². The summed E-state index contributed by atoms with van der Waals surface area (Å²) in [6.45, 7) is 2.06. The van der Waals surface area contributed by atoms with Gasteiger partial charge in [0.05, 0.1) is 24.3 Å². The first-order chi connectivity index (χ1) is 17.7. The van der Waals surface area contributed by atoms with Crippen molar-refractivity contribution in [3.05, 3.63) is 94.1 Å². The van der Waals surface area contributed by atoms with Gasteiger partial charge in [-0.1, -0.05) is 42.5 Å². The van der Waals surface area contributed by atoms with Gasteiger partial charge in [-0.15, -0.1) is 16.4 Å². The average Bonchev–Trinajstić information content (AvgIpc) is 3.45. The lowest BCUT2D eigenvalue weighted by molar-refractivity contribution is -0.137. The van der Waals surface area contributed by atoms with Crippen LogP contribution in [-0.4, -0.2) is 32.5 Å². The summed E-state index contributed by atoms with van der Waals surface area (Å²) in [7, 11) is 0. The highest BCUT2D eigenvalue weighted by Crippen LogP contribution is 2.31. The van der Waals surface area contributed by atoms with Gasteiger partial charge in [0.15, 0.2) is 5.11 Å². The molecule has 0 aliphatic heterocycles. The van der Waals surface area contributed by atoms with E-state index in [9.17, 15) is 18.0 Å². The first kappa shape index (κ1) is 26.3. The number of halogens is 3. The second-order valence-electron chi connectivity index (χ2n) is 7.88. The lowest BCUT2D eigenvalue weighted by Gasteiger charge is -2.09. The highest BCUT2D eigenvalue weighted by atomic mass is 32.1. The van der Waals surface area contributed by atoms with Gasteiger partial charge in [0.1, 0.15) is 11.3 Å². The Morgan fingerprint density at radius 2 is 1.84 bits per heavy atom. The summed E-state index contributed by atoms with van der Waals surface area (Å²) in [6, 6.07) is 16.6. The Morgan fingerprint density at radius 1 is 1.08 bits per heavy atom. The van der Waals surface area contributed by atoms with E-state index in [1.807, 2.05) is 30.3 Å². The maximum Gasteiger partial charge on any atom is 0.416 e. The number of ether oxygens (including phenoxy) is 1. The van der Waals surface area contributed by atoms with Gasteiger partial charge in [-0.2, -0.15) is 13.2 Å². The SMILES string of the molecule is CCOC(=O)c1cc(Cc2ccccc2)sc1NC(=S)Nc1ncn(Cc2cccc(C(F)(F)F)c2)n1. The number of nitrogens with zero attached hydrogens (tertiary/aromatic N) is 3. The number of carbonyl (C=O) groups is 1. The first-order valence-corrected chi connectivity index (χ1v) is 12.4. The topological polar surface area (TPSA) is 81.1 Å². The Kier molecular flexibility index (Phi) is 8.19. The van der Waals surface area contributed by atoms with Crippen molar-refractivity contribution in [1.82, 2.24) is 14.8 Å². The second kappa shape index (κ2) is 11.5. The van der Waals surface area contributed by atoms with Gasteiger partial charge < -0.3 is 10.1 Å². The zero-order valence-corrected chi connectivity index (χ0v) is 21.2. The fourth-order valence-corrected chi connectivity index (χ4v) is 4.82. The van der Waals surface area contributed by atoms with E-state index in [4.69, 9.17) is 17.0 Å². The van der Waals surface area contributed by atoms with Gasteiger partial charge in [0, 0.05) is 11.3 Å². The van der Waals surface area contributed by atoms with E-state index >= 15 is 0 Å². The quantitative estimate of drug-likeness (QED) is 0.208. The largest absolute Gasteiger partial charge is 0.462 e. The number of rotatable bonds is 8. The highest BCUT2D eigenvalue weighted by Gasteiger charge is 2.30. The van der Waals surface area contributed by atoms with Crippen LogP contribution >= 0.6 is 23.6 Å². The van der Waals surface area contributed by atoms with Gasteiger partial charge in [0.2, 0.25) is 5.95 Å². The number of thiocarbonyl (C=S) groups is 1. The van der Waals surface area contributed by atoms with Crippen molar-refractivity contribution in [3.8, 4) is 0 Å². The second-order valence-corrected chi connectivity index (χ2v) is 9.43. The van der Waals surface area contributed by atoms with Gasteiger partial charge in [-0.05, 0) is 48.5 Å². The van der Waals surface area contributed by atoms with E-state index < -0.39 is 17.7 Å². The zero-order chi connectivity index (χ0) is 26.4. The van der Waals surface area contributed by atoms with Gasteiger partial charge in [-0.25, -0.2) is 14.5 Å². The predicted molar refractivity (Wildman–Crippen MR) is 140 cm³/mol. The zero-order valence-electron chi connectivity index (χ0n) is 19.6. The van der Waals surface area contributed by atoms with Crippen LogP contribution in [0.25, 0.3) is 0 Å². The third-order valence-electron chi connectivity index (χ3n) is 5.09. The molecule has 0 spiro atoms. The number of benzene rings is 2. The molecule has 7 nitrogen and oxygen atoms in total. The Bertz CT molecular complexity index is 1390. The summed E-state index contributed by atoms with van der Waals surface area (Å²) in [4.78, 5) is 17.6. The third-order valence-corrected chi connectivity index (χ3v) is 6.34. The van der Waals surface area contributed by atoms with E-state index in [-0.39, 0.29) is 24.2 Å². The molecule has 0 unspecified atom stereocenters. The number of hydrogen-bond donors (Lipinski definition) is 2. The highest BCUT2D eigenvalue weighted by molar-refractivity contribution is 7.80. The molecule has 0 fully saturated rings. The van der Waals surface area contributed by atoms with Crippen LogP contribution in [0, 0.1) is 0 Å². The fraction of sp³-hybridized carbons (Fsp3) is 0.200. The number of nitrogens with one attached hydrogen (secondary N) is 2. The molecule has 0 saturated carbocycles. The molecular weight excluding hydrogens is 523 g/mol. The fourth-order valence-electron chi connectivity index (χ4n) is 3.48. The van der Waals surface area contributed by atoms with Crippen LogP contribution in [0.5, 0.6) is 0 Å². The number of anilines is 2. The molecule has 2 aromatic carbocycles. The molecule has 0 radical (unpaired) electrons. The maximum absolute atomic E-state index is 13.0. The maximum atomic E-state index is 13.0. The molecule has 192 valence electrons. The van der Waals surface area contributed by atoms with Crippen LogP contribution in [0.2, 0.25) is 0 Å². The Hall–Kier alpha value is -3.77. The lowest BCUT2D eigenvalue weighted by atomic mass is 10.1. The van der Waals surface area contributed by atoms with Crippen molar-refractivity contribution >= 4 is 45.6 Å². The molecule has 2 N–H and O–H groups in total. The van der Waals surface area contributed by atoms with Crippen LogP contribution in [0.4, 0.5) is 24.1 Å². The molecule has 4 aromatic rings. The number of thiophene rings is 1. The number of alkyl halides is 3. The molecule has 0 aliphatic rings.